The summed E-state index contributed by atoms with van der Waals surface area (Å²) in [5.41, 5.74) is 4.68. The van der Waals surface area contributed by atoms with Crippen molar-refractivity contribution in [2.45, 2.75) is 33.6 Å². The molecule has 0 aliphatic rings. The molecule has 3 heteroatoms. The average molecular weight is 307 g/mol. The molecule has 1 unspecified atom stereocenters. The van der Waals surface area contributed by atoms with Crippen LogP contribution in [0, 0.1) is 12.8 Å². The summed E-state index contributed by atoms with van der Waals surface area (Å²) in [5.74, 6) is 0.756. The first kappa shape index (κ1) is 15.5. The Morgan fingerprint density at radius 1 is 1.04 bits per heavy atom. The Labute approximate surface area is 136 Å². The zero-order valence-electron chi connectivity index (χ0n) is 14.0. The number of Topliss-reactive ketones (excluding diaryl/α,β-unsaturated/α-hetero) is 1. The van der Waals surface area contributed by atoms with Gasteiger partial charge in [-0.25, -0.2) is 4.98 Å². The number of aromatic nitrogens is 1. The number of ketones is 1. The number of carbonyl (C=O) groups is 1. The summed E-state index contributed by atoms with van der Waals surface area (Å²) in [7, 11) is 0. The number of aryl methyl sites for hydroxylation is 1. The van der Waals surface area contributed by atoms with Gasteiger partial charge in [-0.3, -0.25) is 4.79 Å². The monoisotopic (exact) mass is 307 g/mol. The second-order valence-electron chi connectivity index (χ2n) is 6.39. The van der Waals surface area contributed by atoms with E-state index in [-0.39, 0.29) is 17.6 Å². The van der Waals surface area contributed by atoms with E-state index < -0.39 is 0 Å². The lowest BCUT2D eigenvalue weighted by molar-refractivity contribution is -0.123. The van der Waals surface area contributed by atoms with E-state index in [1.165, 1.54) is 5.56 Å². The van der Waals surface area contributed by atoms with Crippen LogP contribution in [-0.4, -0.2) is 10.8 Å². The SMILES string of the molecule is Cc1ccc(-c2nc3cc(C(C)C(=O)C(C)C)ccc3o2)cc1. The summed E-state index contributed by atoms with van der Waals surface area (Å²) in [4.78, 5) is 16.8. The van der Waals surface area contributed by atoms with E-state index in [1.807, 2.05) is 63.2 Å². The Morgan fingerprint density at radius 3 is 2.39 bits per heavy atom. The third kappa shape index (κ3) is 3.04. The zero-order chi connectivity index (χ0) is 16.6. The highest BCUT2D eigenvalue weighted by Gasteiger charge is 2.19. The Kier molecular flexibility index (Phi) is 4.03. The summed E-state index contributed by atoms with van der Waals surface area (Å²) in [6.45, 7) is 7.87. The third-order valence-electron chi connectivity index (χ3n) is 4.21. The highest BCUT2D eigenvalue weighted by atomic mass is 16.3. The van der Waals surface area contributed by atoms with Crippen LogP contribution in [0.2, 0.25) is 0 Å². The van der Waals surface area contributed by atoms with E-state index in [1.54, 1.807) is 0 Å². The van der Waals surface area contributed by atoms with Crippen molar-refractivity contribution in [3.05, 3.63) is 53.6 Å². The number of carbonyl (C=O) groups excluding carboxylic acids is 1. The summed E-state index contributed by atoms with van der Waals surface area (Å²) in [6.07, 6.45) is 0. The molecule has 3 aromatic rings. The second kappa shape index (κ2) is 5.99. The molecule has 0 saturated carbocycles. The summed E-state index contributed by atoms with van der Waals surface area (Å²) in [6, 6.07) is 13.9. The molecule has 0 fully saturated rings. The van der Waals surface area contributed by atoms with Gasteiger partial charge < -0.3 is 4.42 Å². The number of nitrogens with zero attached hydrogens (tertiary/aromatic N) is 1. The molecule has 23 heavy (non-hydrogen) atoms. The Bertz CT molecular complexity index is 844. The van der Waals surface area contributed by atoms with E-state index >= 15 is 0 Å². The van der Waals surface area contributed by atoms with E-state index in [2.05, 4.69) is 11.9 Å². The van der Waals surface area contributed by atoms with Crippen molar-refractivity contribution in [1.82, 2.24) is 4.98 Å². The largest absolute Gasteiger partial charge is 0.436 e. The van der Waals surface area contributed by atoms with E-state index in [0.717, 1.165) is 22.2 Å². The van der Waals surface area contributed by atoms with E-state index in [9.17, 15) is 4.79 Å². The first-order valence-corrected chi connectivity index (χ1v) is 7.97. The Balaban J connectivity index is 1.98. The molecule has 3 rings (SSSR count). The number of hydrogen-bond donors (Lipinski definition) is 0. The highest BCUT2D eigenvalue weighted by Crippen LogP contribution is 2.28. The first-order valence-electron chi connectivity index (χ1n) is 7.97. The van der Waals surface area contributed by atoms with Gasteiger partial charge in [-0.05, 0) is 36.8 Å². The van der Waals surface area contributed by atoms with Crippen LogP contribution in [0.4, 0.5) is 0 Å². The van der Waals surface area contributed by atoms with Gasteiger partial charge in [0.25, 0.3) is 0 Å². The summed E-state index contributed by atoms with van der Waals surface area (Å²) >= 11 is 0. The molecule has 0 aliphatic heterocycles. The number of oxazole rings is 1. The second-order valence-corrected chi connectivity index (χ2v) is 6.39. The maximum atomic E-state index is 12.2. The van der Waals surface area contributed by atoms with Gasteiger partial charge in [0, 0.05) is 17.4 Å². The fourth-order valence-electron chi connectivity index (χ4n) is 2.70. The first-order chi connectivity index (χ1) is 11.0. The lowest BCUT2D eigenvalue weighted by Crippen LogP contribution is -2.15. The molecule has 3 nitrogen and oxygen atoms in total. The van der Waals surface area contributed by atoms with Crippen LogP contribution in [0.15, 0.2) is 46.9 Å². The van der Waals surface area contributed by atoms with Crippen LogP contribution in [0.3, 0.4) is 0 Å². The van der Waals surface area contributed by atoms with Gasteiger partial charge in [0.1, 0.15) is 11.3 Å². The van der Waals surface area contributed by atoms with Crippen molar-refractivity contribution in [3.63, 3.8) is 0 Å². The fourth-order valence-corrected chi connectivity index (χ4v) is 2.70. The van der Waals surface area contributed by atoms with Gasteiger partial charge in [0.05, 0.1) is 0 Å². The predicted molar refractivity (Wildman–Crippen MR) is 92.4 cm³/mol. The molecule has 118 valence electrons. The maximum Gasteiger partial charge on any atom is 0.227 e. The molecule has 0 bridgehead atoms. The van der Waals surface area contributed by atoms with E-state index in [4.69, 9.17) is 4.42 Å². The molecule has 0 spiro atoms. The van der Waals surface area contributed by atoms with Gasteiger partial charge in [-0.2, -0.15) is 0 Å². The number of rotatable bonds is 4. The van der Waals surface area contributed by atoms with Gasteiger partial charge in [0.15, 0.2) is 5.58 Å². The number of hydrogen-bond acceptors (Lipinski definition) is 3. The topological polar surface area (TPSA) is 43.1 Å². The van der Waals surface area contributed by atoms with Crippen molar-refractivity contribution in [1.29, 1.82) is 0 Å². The minimum atomic E-state index is -0.126. The fraction of sp³-hybridized carbons (Fsp3) is 0.300. The zero-order valence-corrected chi connectivity index (χ0v) is 14.0. The number of fused-ring (bicyclic) bond motifs is 1. The van der Waals surface area contributed by atoms with Crippen molar-refractivity contribution >= 4 is 16.9 Å². The molecule has 1 aromatic heterocycles. The van der Waals surface area contributed by atoms with Crippen LogP contribution in [0.25, 0.3) is 22.6 Å². The predicted octanol–water partition coefficient (Wildman–Crippen LogP) is 5.13. The molecule has 0 N–H and O–H groups in total. The lowest BCUT2D eigenvalue weighted by Gasteiger charge is -2.12. The molecule has 0 radical (unpaired) electrons. The molecule has 0 saturated heterocycles. The Hall–Kier alpha value is -2.42. The van der Waals surface area contributed by atoms with Gasteiger partial charge in [-0.15, -0.1) is 0 Å². The molecule has 0 amide bonds. The molecule has 2 aromatic carbocycles. The van der Waals surface area contributed by atoms with Crippen molar-refractivity contribution in [2.75, 3.05) is 0 Å². The van der Waals surface area contributed by atoms with E-state index in [0.29, 0.717) is 5.89 Å². The van der Waals surface area contributed by atoms with Crippen LogP contribution in [0.1, 0.15) is 37.8 Å². The van der Waals surface area contributed by atoms with Crippen molar-refractivity contribution < 1.29 is 9.21 Å². The minimum Gasteiger partial charge on any atom is -0.436 e. The maximum absolute atomic E-state index is 12.2. The molecule has 1 atom stereocenters. The van der Waals surface area contributed by atoms with Crippen LogP contribution in [0.5, 0.6) is 0 Å². The normalized spacial score (nSPS) is 12.7. The van der Waals surface area contributed by atoms with Crippen LogP contribution >= 0.6 is 0 Å². The van der Waals surface area contributed by atoms with Gasteiger partial charge in [0.2, 0.25) is 5.89 Å². The standard InChI is InChI=1S/C20H21NO2/c1-12(2)19(22)14(4)16-9-10-18-17(11-16)21-20(23-18)15-7-5-13(3)6-8-15/h5-12,14H,1-4H3. The molecular formula is C20H21NO2. The third-order valence-corrected chi connectivity index (χ3v) is 4.21. The van der Waals surface area contributed by atoms with Crippen molar-refractivity contribution in [3.8, 4) is 11.5 Å². The van der Waals surface area contributed by atoms with Crippen LogP contribution in [-0.2, 0) is 4.79 Å². The minimum absolute atomic E-state index is 0.0288. The average Bonchev–Trinajstić information content (AvgIpc) is 2.97. The smallest absolute Gasteiger partial charge is 0.227 e. The lowest BCUT2D eigenvalue weighted by atomic mass is 9.90. The van der Waals surface area contributed by atoms with Gasteiger partial charge in [-0.1, -0.05) is 44.5 Å². The molecule has 1 heterocycles. The number of benzene rings is 2. The molecule has 0 aliphatic carbocycles. The quantitative estimate of drug-likeness (QED) is 0.671. The summed E-state index contributed by atoms with van der Waals surface area (Å²) < 4.78 is 5.84. The van der Waals surface area contributed by atoms with Crippen LogP contribution < -0.4 is 0 Å². The highest BCUT2D eigenvalue weighted by molar-refractivity contribution is 5.88. The molecular weight excluding hydrogens is 286 g/mol. The summed E-state index contributed by atoms with van der Waals surface area (Å²) in [5, 5.41) is 0. The van der Waals surface area contributed by atoms with Gasteiger partial charge >= 0.3 is 0 Å². The van der Waals surface area contributed by atoms with Crippen molar-refractivity contribution in [2.24, 2.45) is 5.92 Å². The Morgan fingerprint density at radius 2 is 1.74 bits per heavy atom.